The molecule has 0 aliphatic rings. The molecule has 0 saturated heterocycles. The maximum Gasteiger partial charge on any atom is 0.344 e. The van der Waals surface area contributed by atoms with Gasteiger partial charge in [-0.2, -0.15) is 0 Å². The maximum absolute atomic E-state index is 12.3. The molecule has 0 saturated carbocycles. The molecule has 0 aliphatic heterocycles. The molecule has 0 spiro atoms. The molecule has 28 heavy (non-hydrogen) atoms. The van der Waals surface area contributed by atoms with Crippen LogP contribution in [0.4, 0.5) is 5.69 Å². The Morgan fingerprint density at radius 3 is 2.50 bits per heavy atom. The van der Waals surface area contributed by atoms with E-state index in [-0.39, 0.29) is 17.4 Å². The minimum absolute atomic E-state index is 0.111. The van der Waals surface area contributed by atoms with Gasteiger partial charge in [-0.05, 0) is 30.2 Å². The molecule has 2 N–H and O–H groups in total. The number of aromatic nitrogens is 1. The van der Waals surface area contributed by atoms with Gasteiger partial charge < -0.3 is 20.1 Å². The van der Waals surface area contributed by atoms with Crippen LogP contribution in [-0.4, -0.2) is 43.0 Å². The fourth-order valence-electron chi connectivity index (χ4n) is 2.29. The van der Waals surface area contributed by atoms with Crippen LogP contribution < -0.4 is 15.4 Å². The molecular formula is C20H23N3O5. The number of esters is 1. The molecule has 0 fully saturated rings. The number of para-hydroxylation sites is 1. The minimum Gasteiger partial charge on any atom is -0.480 e. The normalized spacial score (nSPS) is 10.3. The molecule has 0 bridgehead atoms. The largest absolute Gasteiger partial charge is 0.480 e. The summed E-state index contributed by atoms with van der Waals surface area (Å²) in [6, 6.07) is 9.66. The van der Waals surface area contributed by atoms with E-state index in [0.29, 0.717) is 23.7 Å². The second-order valence-electron chi connectivity index (χ2n) is 6.33. The van der Waals surface area contributed by atoms with E-state index in [1.54, 1.807) is 30.3 Å². The van der Waals surface area contributed by atoms with Gasteiger partial charge in [-0.1, -0.05) is 26.0 Å². The van der Waals surface area contributed by atoms with Crippen molar-refractivity contribution < 1.29 is 23.9 Å². The molecular weight excluding hydrogens is 362 g/mol. The molecule has 0 unspecified atom stereocenters. The van der Waals surface area contributed by atoms with Gasteiger partial charge in [0.15, 0.2) is 6.61 Å². The third-order valence-corrected chi connectivity index (χ3v) is 3.64. The third-order valence-electron chi connectivity index (χ3n) is 3.64. The molecule has 1 aromatic heterocycles. The van der Waals surface area contributed by atoms with Crippen LogP contribution in [0, 0.1) is 5.92 Å². The predicted molar refractivity (Wildman–Crippen MR) is 103 cm³/mol. The fraction of sp³-hybridized carbons (Fsp3) is 0.300. The highest BCUT2D eigenvalue weighted by Crippen LogP contribution is 2.16. The second-order valence-corrected chi connectivity index (χ2v) is 6.33. The van der Waals surface area contributed by atoms with Crippen LogP contribution >= 0.6 is 0 Å². The van der Waals surface area contributed by atoms with Crippen LogP contribution in [0.15, 0.2) is 42.6 Å². The lowest BCUT2D eigenvalue weighted by atomic mass is 10.1. The van der Waals surface area contributed by atoms with E-state index < -0.39 is 18.5 Å². The minimum atomic E-state index is -0.733. The number of hydrogen-bond donors (Lipinski definition) is 2. The Hall–Kier alpha value is -3.42. The number of carbonyl (C=O) groups excluding carboxylic acids is 3. The van der Waals surface area contributed by atoms with Crippen molar-refractivity contribution >= 4 is 23.5 Å². The van der Waals surface area contributed by atoms with Gasteiger partial charge in [-0.25, -0.2) is 9.78 Å². The number of ether oxygens (including phenoxy) is 2. The first-order valence-electron chi connectivity index (χ1n) is 8.75. The van der Waals surface area contributed by atoms with Gasteiger partial charge in [0.25, 0.3) is 11.8 Å². The van der Waals surface area contributed by atoms with Gasteiger partial charge >= 0.3 is 5.97 Å². The number of benzene rings is 1. The van der Waals surface area contributed by atoms with E-state index in [1.807, 2.05) is 13.8 Å². The quantitative estimate of drug-likeness (QED) is 0.675. The van der Waals surface area contributed by atoms with Gasteiger partial charge in [-0.15, -0.1) is 0 Å². The van der Waals surface area contributed by atoms with Crippen molar-refractivity contribution in [2.75, 3.05) is 25.6 Å². The van der Waals surface area contributed by atoms with Gasteiger partial charge in [0.05, 0.1) is 18.4 Å². The first-order valence-corrected chi connectivity index (χ1v) is 8.75. The number of carbonyl (C=O) groups is 3. The fourth-order valence-corrected chi connectivity index (χ4v) is 2.29. The Morgan fingerprint density at radius 1 is 1.07 bits per heavy atom. The number of nitrogens with one attached hydrogen (secondary N) is 2. The summed E-state index contributed by atoms with van der Waals surface area (Å²) >= 11 is 0. The summed E-state index contributed by atoms with van der Waals surface area (Å²) in [5.74, 6) is -1.18. The van der Waals surface area contributed by atoms with Crippen LogP contribution in [0.25, 0.3) is 0 Å². The third kappa shape index (κ3) is 5.80. The molecule has 0 atom stereocenters. The summed E-state index contributed by atoms with van der Waals surface area (Å²) in [6.45, 7) is 3.98. The Morgan fingerprint density at radius 2 is 1.79 bits per heavy atom. The van der Waals surface area contributed by atoms with Gasteiger partial charge in [0.1, 0.15) is 5.56 Å². The molecule has 0 aliphatic carbocycles. The van der Waals surface area contributed by atoms with Crippen LogP contribution in [0.2, 0.25) is 0 Å². The van der Waals surface area contributed by atoms with Gasteiger partial charge in [0, 0.05) is 12.7 Å². The number of nitrogens with zero attached hydrogens (tertiary/aromatic N) is 1. The smallest absolute Gasteiger partial charge is 0.344 e. The van der Waals surface area contributed by atoms with Crippen LogP contribution in [0.1, 0.15) is 34.6 Å². The van der Waals surface area contributed by atoms with Crippen molar-refractivity contribution in [2.24, 2.45) is 5.92 Å². The highest BCUT2D eigenvalue weighted by atomic mass is 16.5. The highest BCUT2D eigenvalue weighted by Gasteiger charge is 2.17. The summed E-state index contributed by atoms with van der Waals surface area (Å²) in [7, 11) is 1.38. The topological polar surface area (TPSA) is 107 Å². The number of methoxy groups -OCH3 is 1. The zero-order valence-corrected chi connectivity index (χ0v) is 16.0. The van der Waals surface area contributed by atoms with Crippen molar-refractivity contribution in [1.29, 1.82) is 0 Å². The van der Waals surface area contributed by atoms with E-state index in [0.717, 1.165) is 0 Å². The molecule has 8 heteroatoms. The summed E-state index contributed by atoms with van der Waals surface area (Å²) in [6.07, 6.45) is 1.48. The standard InChI is InChI=1S/C20H23N3O5/c1-13(2)11-22-18(25)14-7-4-5-9-16(14)23-17(24)12-28-20(26)15-8-6-10-21-19(15)27-3/h4-10,13H,11-12H2,1-3H3,(H,22,25)(H,23,24). The van der Waals surface area contributed by atoms with Crippen LogP contribution in [0.3, 0.4) is 0 Å². The average molecular weight is 385 g/mol. The lowest BCUT2D eigenvalue weighted by Crippen LogP contribution is -2.29. The summed E-state index contributed by atoms with van der Waals surface area (Å²) < 4.78 is 10.0. The zero-order chi connectivity index (χ0) is 20.5. The second kappa shape index (κ2) is 10.1. The Kier molecular flexibility index (Phi) is 7.50. The molecule has 2 rings (SSSR count). The highest BCUT2D eigenvalue weighted by molar-refractivity contribution is 6.04. The van der Waals surface area contributed by atoms with Crippen molar-refractivity contribution in [3.8, 4) is 5.88 Å². The average Bonchev–Trinajstić information content (AvgIpc) is 2.70. The van der Waals surface area contributed by atoms with E-state index in [1.165, 1.54) is 19.4 Å². The van der Waals surface area contributed by atoms with Gasteiger partial charge in [0.2, 0.25) is 5.88 Å². The molecule has 148 valence electrons. The SMILES string of the molecule is COc1ncccc1C(=O)OCC(=O)Nc1ccccc1C(=O)NCC(C)C. The molecule has 2 aromatic rings. The van der Waals surface area contributed by atoms with Gasteiger partial charge in [-0.3, -0.25) is 9.59 Å². The van der Waals surface area contributed by atoms with E-state index in [2.05, 4.69) is 15.6 Å². The number of anilines is 1. The monoisotopic (exact) mass is 385 g/mol. The van der Waals surface area contributed by atoms with Crippen molar-refractivity contribution in [3.63, 3.8) is 0 Å². The number of pyridine rings is 1. The Balaban J connectivity index is 1.98. The molecule has 1 aromatic carbocycles. The number of rotatable bonds is 8. The Bertz CT molecular complexity index is 851. The van der Waals surface area contributed by atoms with E-state index in [9.17, 15) is 14.4 Å². The lowest BCUT2D eigenvalue weighted by Gasteiger charge is -2.13. The van der Waals surface area contributed by atoms with Crippen molar-refractivity contribution in [2.45, 2.75) is 13.8 Å². The summed E-state index contributed by atoms with van der Waals surface area (Å²) in [5.41, 5.74) is 0.784. The van der Waals surface area contributed by atoms with E-state index >= 15 is 0 Å². The first kappa shape index (κ1) is 20.9. The van der Waals surface area contributed by atoms with Crippen LogP contribution in [-0.2, 0) is 9.53 Å². The molecule has 2 amide bonds. The number of hydrogen-bond acceptors (Lipinski definition) is 6. The summed E-state index contributed by atoms with van der Waals surface area (Å²) in [4.78, 5) is 40.5. The molecule has 8 nitrogen and oxygen atoms in total. The van der Waals surface area contributed by atoms with Crippen LogP contribution in [0.5, 0.6) is 5.88 Å². The number of amides is 2. The molecule has 1 heterocycles. The molecule has 0 radical (unpaired) electrons. The van der Waals surface area contributed by atoms with Crippen molar-refractivity contribution in [3.05, 3.63) is 53.7 Å². The zero-order valence-electron chi connectivity index (χ0n) is 16.0. The maximum atomic E-state index is 12.3. The summed E-state index contributed by atoms with van der Waals surface area (Å²) in [5, 5.41) is 5.39. The Labute approximate surface area is 163 Å². The lowest BCUT2D eigenvalue weighted by molar-refractivity contribution is -0.119. The predicted octanol–water partition coefficient (Wildman–Crippen LogP) is 2.27. The van der Waals surface area contributed by atoms with E-state index in [4.69, 9.17) is 9.47 Å². The van der Waals surface area contributed by atoms with Crippen molar-refractivity contribution in [1.82, 2.24) is 10.3 Å². The first-order chi connectivity index (χ1) is 13.4.